The molecule has 0 saturated carbocycles. The van der Waals surface area contributed by atoms with Crippen molar-refractivity contribution in [3.8, 4) is 0 Å². The Morgan fingerprint density at radius 3 is 2.43 bits per heavy atom. The van der Waals surface area contributed by atoms with Gasteiger partial charge in [-0.15, -0.1) is 0 Å². The number of para-hydroxylation sites is 1. The fraction of sp³-hybridized carbons (Fsp3) is 0.182. The van der Waals surface area contributed by atoms with Gasteiger partial charge < -0.3 is 14.7 Å². The summed E-state index contributed by atoms with van der Waals surface area (Å²) < 4.78 is 5.12. The Balaban J connectivity index is 1.98. The first-order chi connectivity index (χ1) is 13.5. The molecule has 0 saturated heterocycles. The van der Waals surface area contributed by atoms with Crippen molar-refractivity contribution in [1.29, 1.82) is 0 Å². The van der Waals surface area contributed by atoms with Crippen LogP contribution in [0.4, 0.5) is 11.4 Å². The molecule has 1 heterocycles. The van der Waals surface area contributed by atoms with Gasteiger partial charge in [0.05, 0.1) is 17.2 Å². The smallest absolute Gasteiger partial charge is 0.344 e. The van der Waals surface area contributed by atoms with Crippen molar-refractivity contribution in [3.05, 3.63) is 76.4 Å². The van der Waals surface area contributed by atoms with E-state index in [9.17, 15) is 9.90 Å². The summed E-state index contributed by atoms with van der Waals surface area (Å²) in [7, 11) is 3.96. The lowest BCUT2D eigenvalue weighted by molar-refractivity contribution is -0.138. The molecular formula is C22H22N2O3S. The summed E-state index contributed by atoms with van der Waals surface area (Å²) in [6.45, 7) is 1.96. The number of aliphatic hydroxyl groups excluding tert-OH is 1. The van der Waals surface area contributed by atoms with Gasteiger partial charge in [0, 0.05) is 19.8 Å². The second kappa shape index (κ2) is 8.80. The van der Waals surface area contributed by atoms with E-state index < -0.39 is 5.97 Å². The first-order valence-corrected chi connectivity index (χ1v) is 9.73. The molecule has 144 valence electrons. The minimum atomic E-state index is -0.575. The van der Waals surface area contributed by atoms with Gasteiger partial charge in [-0.25, -0.2) is 9.79 Å². The molecule has 0 atom stereocenters. The molecule has 5 nitrogen and oxygen atoms in total. The number of nitrogens with zero attached hydrogens (tertiary/aromatic N) is 2. The number of carbonyl (C=O) groups excluding carboxylic acids is 1. The Kier molecular flexibility index (Phi) is 6.21. The molecule has 0 fully saturated rings. The lowest BCUT2D eigenvalue weighted by Crippen LogP contribution is -2.12. The summed E-state index contributed by atoms with van der Waals surface area (Å²) in [6, 6.07) is 17.2. The zero-order valence-electron chi connectivity index (χ0n) is 16.0. The average Bonchev–Trinajstić information content (AvgIpc) is 2.98. The lowest BCUT2D eigenvalue weighted by Gasteiger charge is -2.11. The highest BCUT2D eigenvalue weighted by Gasteiger charge is 2.33. The molecule has 0 spiro atoms. The Morgan fingerprint density at radius 1 is 1.14 bits per heavy atom. The number of thioether (sulfide) groups is 1. The number of anilines is 1. The van der Waals surface area contributed by atoms with Crippen molar-refractivity contribution in [2.45, 2.75) is 6.92 Å². The molecule has 3 rings (SSSR count). The van der Waals surface area contributed by atoms with Crippen molar-refractivity contribution in [2.24, 2.45) is 4.99 Å². The van der Waals surface area contributed by atoms with Crippen LogP contribution in [-0.2, 0) is 9.53 Å². The third-order valence-electron chi connectivity index (χ3n) is 4.06. The number of aliphatic hydroxyl groups is 1. The number of hydrogen-bond donors (Lipinski definition) is 1. The molecule has 0 bridgehead atoms. The van der Waals surface area contributed by atoms with Gasteiger partial charge in [0.15, 0.2) is 0 Å². The van der Waals surface area contributed by atoms with Gasteiger partial charge in [-0.3, -0.25) is 0 Å². The topological polar surface area (TPSA) is 62.1 Å². The molecule has 0 aliphatic carbocycles. The number of hydrogen-bond acceptors (Lipinski definition) is 6. The van der Waals surface area contributed by atoms with Crippen molar-refractivity contribution in [3.63, 3.8) is 0 Å². The third-order valence-corrected chi connectivity index (χ3v) is 5.08. The van der Waals surface area contributed by atoms with Crippen molar-refractivity contribution < 1.29 is 14.6 Å². The number of benzene rings is 2. The molecule has 0 amide bonds. The fourth-order valence-corrected chi connectivity index (χ4v) is 3.67. The first kappa shape index (κ1) is 19.8. The second-order valence-electron chi connectivity index (χ2n) is 6.29. The molecule has 1 aliphatic heterocycles. The predicted molar refractivity (Wildman–Crippen MR) is 116 cm³/mol. The van der Waals surface area contributed by atoms with Gasteiger partial charge in [-0.1, -0.05) is 42.1 Å². The number of rotatable bonds is 5. The highest BCUT2D eigenvalue weighted by Crippen LogP contribution is 2.40. The first-order valence-electron chi connectivity index (χ1n) is 8.91. The van der Waals surface area contributed by atoms with Crippen LogP contribution in [0.3, 0.4) is 0 Å². The highest BCUT2D eigenvalue weighted by atomic mass is 32.2. The van der Waals surface area contributed by atoms with Gasteiger partial charge in [0.2, 0.25) is 0 Å². The van der Waals surface area contributed by atoms with Gasteiger partial charge in [0.25, 0.3) is 0 Å². The molecule has 0 radical (unpaired) electrons. The molecule has 2 aromatic rings. The summed E-state index contributed by atoms with van der Waals surface area (Å²) in [4.78, 5) is 19.5. The summed E-state index contributed by atoms with van der Waals surface area (Å²) in [5.74, 6) is -0.677. The molecular weight excluding hydrogens is 372 g/mol. The highest BCUT2D eigenvalue weighted by molar-refractivity contribution is 8.18. The Bertz CT molecular complexity index is 946. The zero-order valence-corrected chi connectivity index (χ0v) is 16.9. The van der Waals surface area contributed by atoms with Crippen LogP contribution in [0.1, 0.15) is 12.5 Å². The number of carbonyl (C=O) groups is 1. The Morgan fingerprint density at radius 2 is 1.82 bits per heavy atom. The van der Waals surface area contributed by atoms with E-state index in [2.05, 4.69) is 4.99 Å². The summed E-state index contributed by atoms with van der Waals surface area (Å²) in [5, 5.41) is 11.1. The van der Waals surface area contributed by atoms with Crippen LogP contribution in [0, 0.1) is 0 Å². The van der Waals surface area contributed by atoms with E-state index in [1.54, 1.807) is 6.92 Å². The van der Waals surface area contributed by atoms with Crippen LogP contribution >= 0.6 is 11.8 Å². The number of ether oxygens (including phenoxy) is 1. The van der Waals surface area contributed by atoms with Crippen LogP contribution in [-0.4, -0.2) is 36.8 Å². The van der Waals surface area contributed by atoms with E-state index in [1.807, 2.05) is 79.7 Å². The van der Waals surface area contributed by atoms with Crippen molar-refractivity contribution in [1.82, 2.24) is 0 Å². The van der Waals surface area contributed by atoms with Crippen molar-refractivity contribution >= 4 is 40.2 Å². The molecule has 6 heteroatoms. The minimum absolute atomic E-state index is 0.102. The normalized spacial score (nSPS) is 16.7. The maximum absolute atomic E-state index is 12.4. The van der Waals surface area contributed by atoms with Gasteiger partial charge in [-0.05, 0) is 42.8 Å². The maximum Gasteiger partial charge on any atom is 0.344 e. The fourth-order valence-electron chi connectivity index (χ4n) is 2.63. The quantitative estimate of drug-likeness (QED) is 0.728. The van der Waals surface area contributed by atoms with Crippen LogP contribution in [0.25, 0.3) is 6.08 Å². The molecule has 0 aromatic heterocycles. The van der Waals surface area contributed by atoms with Gasteiger partial charge in [-0.2, -0.15) is 0 Å². The molecule has 2 aromatic carbocycles. The van der Waals surface area contributed by atoms with Gasteiger partial charge in [0.1, 0.15) is 16.4 Å². The molecule has 0 unspecified atom stereocenters. The standard InChI is InChI=1S/C22H22N2O3S/c1-4-27-22(26)19-20(25)18(14-15-10-12-17(13-11-15)24(2)3)28-21(19)23-16-8-6-5-7-9-16/h5-14,25H,4H2,1-3H3/b18-14-,23-21?. The molecule has 28 heavy (non-hydrogen) atoms. The van der Waals surface area contributed by atoms with E-state index in [4.69, 9.17) is 4.74 Å². The number of aliphatic imine (C=N–C) groups is 1. The van der Waals surface area contributed by atoms with E-state index >= 15 is 0 Å². The van der Waals surface area contributed by atoms with E-state index in [0.717, 1.165) is 11.3 Å². The van der Waals surface area contributed by atoms with Crippen LogP contribution in [0.15, 0.2) is 75.8 Å². The second-order valence-corrected chi connectivity index (χ2v) is 7.32. The number of esters is 1. The van der Waals surface area contributed by atoms with Crippen molar-refractivity contribution in [2.75, 3.05) is 25.6 Å². The van der Waals surface area contributed by atoms with E-state index in [0.29, 0.717) is 15.6 Å². The monoisotopic (exact) mass is 394 g/mol. The average molecular weight is 394 g/mol. The van der Waals surface area contributed by atoms with Crippen LogP contribution in [0.5, 0.6) is 0 Å². The van der Waals surface area contributed by atoms with Crippen LogP contribution in [0.2, 0.25) is 0 Å². The SMILES string of the molecule is CCOC(=O)C1=C(O)/C(=C/c2ccc(N(C)C)cc2)SC1=Nc1ccccc1. The zero-order chi connectivity index (χ0) is 20.1. The Hall–Kier alpha value is -2.99. The summed E-state index contributed by atoms with van der Waals surface area (Å²) >= 11 is 1.26. The minimum Gasteiger partial charge on any atom is -0.506 e. The predicted octanol–water partition coefficient (Wildman–Crippen LogP) is 4.95. The van der Waals surface area contributed by atoms with E-state index in [1.165, 1.54) is 11.8 Å². The Labute approximate surface area is 169 Å². The van der Waals surface area contributed by atoms with Crippen LogP contribution < -0.4 is 4.90 Å². The maximum atomic E-state index is 12.4. The molecule has 1 N–H and O–H groups in total. The van der Waals surface area contributed by atoms with E-state index in [-0.39, 0.29) is 17.9 Å². The molecule has 1 aliphatic rings. The lowest BCUT2D eigenvalue weighted by atomic mass is 10.1. The third kappa shape index (κ3) is 4.46. The summed E-state index contributed by atoms with van der Waals surface area (Å²) in [5.41, 5.74) is 2.81. The largest absolute Gasteiger partial charge is 0.506 e. The van der Waals surface area contributed by atoms with Gasteiger partial charge >= 0.3 is 5.97 Å². The summed E-state index contributed by atoms with van der Waals surface area (Å²) in [6.07, 6.45) is 1.84.